The number of carbonyl (C=O) groups is 1. The van der Waals surface area contributed by atoms with Crippen LogP contribution in [0.15, 0.2) is 21.1 Å². The zero-order valence-corrected chi connectivity index (χ0v) is 12.9. The average Bonchev–Trinajstić information content (AvgIpc) is 2.34. The summed E-state index contributed by atoms with van der Waals surface area (Å²) in [7, 11) is 0. The Labute approximate surface area is 123 Å². The zero-order valence-electron chi connectivity index (χ0n) is 9.71. The summed E-state index contributed by atoms with van der Waals surface area (Å²) in [6, 6.07) is 3.63. The Morgan fingerprint density at radius 3 is 2.61 bits per heavy atom. The number of nitrogens with one attached hydrogen (secondary N) is 1. The summed E-state index contributed by atoms with van der Waals surface area (Å²) in [5.41, 5.74) is 7.07. The molecule has 0 aromatic heterocycles. The monoisotopic (exact) mass is 376 g/mol. The van der Waals surface area contributed by atoms with E-state index < -0.39 is 0 Å². The maximum Gasteiger partial charge on any atom is 0.227 e. The number of rotatable bonds is 2. The fourth-order valence-electron chi connectivity index (χ4n) is 1.91. The number of benzene rings is 1. The van der Waals surface area contributed by atoms with Crippen LogP contribution in [0.5, 0.6) is 0 Å². The van der Waals surface area contributed by atoms with Crippen LogP contribution in [0.3, 0.4) is 0 Å². The van der Waals surface area contributed by atoms with Gasteiger partial charge in [-0.05, 0) is 40.9 Å². The van der Waals surface area contributed by atoms with Crippen molar-refractivity contribution >= 4 is 49.1 Å². The largest absolute Gasteiger partial charge is 0.397 e. The van der Waals surface area contributed by atoms with Crippen LogP contribution in [0.25, 0.3) is 0 Å². The lowest BCUT2D eigenvalue weighted by Crippen LogP contribution is -2.28. The molecule has 1 aliphatic rings. The molecule has 1 aromatic rings. The van der Waals surface area contributed by atoms with E-state index in [4.69, 9.17) is 10.5 Å². The molecular formula is C12H14Br2N2O2. The van der Waals surface area contributed by atoms with Crippen LogP contribution in [0, 0.1) is 5.92 Å². The molecule has 2 rings (SSSR count). The predicted molar refractivity (Wildman–Crippen MR) is 78.4 cm³/mol. The number of nitrogens with two attached hydrogens (primary N) is 1. The van der Waals surface area contributed by atoms with Crippen LogP contribution in [0.2, 0.25) is 0 Å². The van der Waals surface area contributed by atoms with Crippen LogP contribution in [-0.4, -0.2) is 19.1 Å². The van der Waals surface area contributed by atoms with Crippen molar-refractivity contribution in [1.82, 2.24) is 0 Å². The maximum atomic E-state index is 12.1. The Kier molecular flexibility index (Phi) is 4.64. The highest BCUT2D eigenvalue weighted by atomic mass is 79.9. The van der Waals surface area contributed by atoms with Gasteiger partial charge in [-0.3, -0.25) is 4.79 Å². The molecule has 0 bridgehead atoms. The number of hydrogen-bond acceptors (Lipinski definition) is 3. The lowest BCUT2D eigenvalue weighted by molar-refractivity contribution is -0.122. The fourth-order valence-corrected chi connectivity index (χ4v) is 3.27. The quantitative estimate of drug-likeness (QED) is 0.778. The van der Waals surface area contributed by atoms with Crippen molar-refractivity contribution in [2.24, 2.45) is 5.92 Å². The van der Waals surface area contributed by atoms with Crippen molar-refractivity contribution in [3.63, 3.8) is 0 Å². The van der Waals surface area contributed by atoms with E-state index in [2.05, 4.69) is 37.2 Å². The summed E-state index contributed by atoms with van der Waals surface area (Å²) < 4.78 is 6.89. The molecule has 0 radical (unpaired) electrons. The van der Waals surface area contributed by atoms with Gasteiger partial charge in [0.05, 0.1) is 11.4 Å². The second-order valence-electron chi connectivity index (χ2n) is 4.23. The first-order chi connectivity index (χ1) is 8.58. The Balaban J connectivity index is 2.11. The van der Waals surface area contributed by atoms with Crippen molar-refractivity contribution in [2.75, 3.05) is 24.3 Å². The molecule has 1 saturated heterocycles. The predicted octanol–water partition coefficient (Wildman–Crippen LogP) is 3.16. The fraction of sp³-hybridized carbons (Fsp3) is 0.417. The summed E-state index contributed by atoms with van der Waals surface area (Å²) in [6.07, 6.45) is 1.53. The molecule has 0 spiro atoms. The molecule has 1 fully saturated rings. The van der Waals surface area contributed by atoms with Gasteiger partial charge in [0.25, 0.3) is 0 Å². The van der Waals surface area contributed by atoms with Crippen LogP contribution < -0.4 is 11.1 Å². The first-order valence-electron chi connectivity index (χ1n) is 5.71. The maximum absolute atomic E-state index is 12.1. The summed E-state index contributed by atoms with van der Waals surface area (Å²) >= 11 is 6.75. The van der Waals surface area contributed by atoms with E-state index >= 15 is 0 Å². The number of halogens is 2. The van der Waals surface area contributed by atoms with Gasteiger partial charge in [0, 0.05) is 28.1 Å². The molecule has 0 unspecified atom stereocenters. The van der Waals surface area contributed by atoms with Crippen molar-refractivity contribution in [3.05, 3.63) is 21.1 Å². The van der Waals surface area contributed by atoms with Crippen LogP contribution >= 0.6 is 31.9 Å². The SMILES string of the molecule is Nc1cc(Br)cc(Br)c1NC(=O)C1CCOCC1. The minimum absolute atomic E-state index is 0.00743. The molecule has 0 atom stereocenters. The average molecular weight is 378 g/mol. The van der Waals surface area contributed by atoms with E-state index in [1.807, 2.05) is 6.07 Å². The van der Waals surface area contributed by atoms with Crippen LogP contribution in [0.1, 0.15) is 12.8 Å². The number of hydrogen-bond donors (Lipinski definition) is 2. The van der Waals surface area contributed by atoms with Gasteiger partial charge in [-0.25, -0.2) is 0 Å². The standard InChI is InChI=1S/C12H14Br2N2O2/c13-8-5-9(14)11(10(15)6-8)16-12(17)7-1-3-18-4-2-7/h5-7H,1-4,15H2,(H,16,17). The first-order valence-corrected chi connectivity index (χ1v) is 7.29. The van der Waals surface area contributed by atoms with E-state index in [1.165, 1.54) is 0 Å². The van der Waals surface area contributed by atoms with Gasteiger partial charge in [-0.15, -0.1) is 0 Å². The summed E-state index contributed by atoms with van der Waals surface area (Å²) in [5.74, 6) is 0.0155. The molecule has 0 saturated carbocycles. The minimum atomic E-state index is 0.00743. The molecule has 98 valence electrons. The second-order valence-corrected chi connectivity index (χ2v) is 6.00. The number of amides is 1. The molecule has 4 nitrogen and oxygen atoms in total. The molecule has 1 heterocycles. The van der Waals surface area contributed by atoms with Gasteiger partial charge < -0.3 is 15.8 Å². The smallest absolute Gasteiger partial charge is 0.227 e. The lowest BCUT2D eigenvalue weighted by atomic mass is 9.99. The minimum Gasteiger partial charge on any atom is -0.397 e. The normalized spacial score (nSPS) is 16.6. The highest BCUT2D eigenvalue weighted by molar-refractivity contribution is 9.11. The van der Waals surface area contributed by atoms with Crippen molar-refractivity contribution < 1.29 is 9.53 Å². The third-order valence-corrected chi connectivity index (χ3v) is 4.01. The Hall–Kier alpha value is -0.590. The summed E-state index contributed by atoms with van der Waals surface area (Å²) in [6.45, 7) is 1.30. The first kappa shape index (κ1) is 13.8. The third-order valence-electron chi connectivity index (χ3n) is 2.93. The van der Waals surface area contributed by atoms with E-state index in [0.29, 0.717) is 24.6 Å². The number of anilines is 2. The van der Waals surface area contributed by atoms with Crippen LogP contribution in [-0.2, 0) is 9.53 Å². The van der Waals surface area contributed by atoms with E-state index in [0.717, 1.165) is 21.8 Å². The molecule has 3 N–H and O–H groups in total. The van der Waals surface area contributed by atoms with Gasteiger partial charge in [-0.1, -0.05) is 15.9 Å². The zero-order chi connectivity index (χ0) is 13.1. The van der Waals surface area contributed by atoms with Crippen LogP contribution in [0.4, 0.5) is 11.4 Å². The van der Waals surface area contributed by atoms with E-state index in [9.17, 15) is 4.79 Å². The van der Waals surface area contributed by atoms with Crippen molar-refractivity contribution in [3.8, 4) is 0 Å². The molecular weight excluding hydrogens is 364 g/mol. The molecule has 1 aromatic carbocycles. The molecule has 0 aliphatic carbocycles. The Morgan fingerprint density at radius 1 is 1.33 bits per heavy atom. The molecule has 18 heavy (non-hydrogen) atoms. The number of nitrogen functional groups attached to an aromatic ring is 1. The van der Waals surface area contributed by atoms with E-state index in [1.54, 1.807) is 6.07 Å². The Bertz CT molecular complexity index is 436. The molecule has 1 aliphatic heterocycles. The third kappa shape index (κ3) is 3.24. The van der Waals surface area contributed by atoms with Gasteiger partial charge in [0.1, 0.15) is 0 Å². The summed E-state index contributed by atoms with van der Waals surface area (Å²) in [4.78, 5) is 12.1. The van der Waals surface area contributed by atoms with Gasteiger partial charge in [-0.2, -0.15) is 0 Å². The highest BCUT2D eigenvalue weighted by Gasteiger charge is 2.22. The molecule has 6 heteroatoms. The van der Waals surface area contributed by atoms with E-state index in [-0.39, 0.29) is 11.8 Å². The van der Waals surface area contributed by atoms with Crippen molar-refractivity contribution in [2.45, 2.75) is 12.8 Å². The number of carbonyl (C=O) groups excluding carboxylic acids is 1. The summed E-state index contributed by atoms with van der Waals surface area (Å²) in [5, 5.41) is 2.89. The van der Waals surface area contributed by atoms with Gasteiger partial charge in [0.15, 0.2) is 0 Å². The highest BCUT2D eigenvalue weighted by Crippen LogP contribution is 2.33. The van der Waals surface area contributed by atoms with Crippen molar-refractivity contribution in [1.29, 1.82) is 0 Å². The number of ether oxygens (including phenoxy) is 1. The molecule has 1 amide bonds. The van der Waals surface area contributed by atoms with Gasteiger partial charge >= 0.3 is 0 Å². The van der Waals surface area contributed by atoms with Gasteiger partial charge in [0.2, 0.25) is 5.91 Å². The topological polar surface area (TPSA) is 64.3 Å². The second kappa shape index (κ2) is 6.04. The Morgan fingerprint density at radius 2 is 2.00 bits per heavy atom. The lowest BCUT2D eigenvalue weighted by Gasteiger charge is -2.22.